The molecule has 0 aromatic carbocycles. The maximum atomic E-state index is 12.9. The highest BCUT2D eigenvalue weighted by molar-refractivity contribution is 6.50. The van der Waals surface area contributed by atoms with E-state index in [1.807, 2.05) is 0 Å². The number of rotatable bonds is 1. The molecule has 1 aliphatic heterocycles. The van der Waals surface area contributed by atoms with E-state index in [2.05, 4.69) is 10.3 Å². The number of aliphatic imine (C=N–C) groups is 1. The van der Waals surface area contributed by atoms with Crippen molar-refractivity contribution in [1.29, 1.82) is 0 Å². The number of ketones is 1. The lowest BCUT2D eigenvalue weighted by atomic mass is 9.51. The van der Waals surface area contributed by atoms with Gasteiger partial charge in [0.1, 0.15) is 5.41 Å². The van der Waals surface area contributed by atoms with E-state index in [1.165, 1.54) is 6.42 Å². The van der Waals surface area contributed by atoms with Crippen LogP contribution in [0.15, 0.2) is 4.99 Å². The summed E-state index contributed by atoms with van der Waals surface area (Å²) in [6.07, 6.45) is 8.88. The molecule has 6 aliphatic rings. The molecule has 1 heterocycles. The highest BCUT2D eigenvalue weighted by Crippen LogP contribution is 2.57. The molecule has 124 valence electrons. The normalized spacial score (nSPS) is 46.7. The van der Waals surface area contributed by atoms with E-state index >= 15 is 0 Å². The van der Waals surface area contributed by atoms with Crippen LogP contribution in [0.2, 0.25) is 0 Å². The van der Waals surface area contributed by atoms with Crippen LogP contribution in [0.5, 0.6) is 0 Å². The Balaban J connectivity index is 1.43. The van der Waals surface area contributed by atoms with Crippen LogP contribution in [0.4, 0.5) is 0 Å². The van der Waals surface area contributed by atoms with Gasteiger partial charge in [0, 0.05) is 5.54 Å². The zero-order chi connectivity index (χ0) is 15.9. The van der Waals surface area contributed by atoms with Crippen LogP contribution in [0.3, 0.4) is 0 Å². The third-order valence-electron chi connectivity index (χ3n) is 7.14. The summed E-state index contributed by atoms with van der Waals surface area (Å²) in [6, 6.07) is 0. The Morgan fingerprint density at radius 3 is 2.30 bits per heavy atom. The van der Waals surface area contributed by atoms with Gasteiger partial charge in [0.05, 0.1) is 5.60 Å². The molecule has 2 atom stereocenters. The number of carbonyl (C=O) groups excluding carboxylic acids is 2. The van der Waals surface area contributed by atoms with Gasteiger partial charge < -0.3 is 10.4 Å². The zero-order valence-corrected chi connectivity index (χ0v) is 13.4. The second kappa shape index (κ2) is 4.24. The molecule has 5 aliphatic carbocycles. The second-order valence-corrected chi connectivity index (χ2v) is 8.97. The van der Waals surface area contributed by atoms with E-state index in [1.54, 1.807) is 0 Å². The Bertz CT molecular complexity index is 618. The maximum Gasteiger partial charge on any atom is 0.261 e. The van der Waals surface area contributed by atoms with Gasteiger partial charge in [0.2, 0.25) is 5.78 Å². The number of hydrogen-bond acceptors (Lipinski definition) is 4. The molecule has 5 saturated carbocycles. The summed E-state index contributed by atoms with van der Waals surface area (Å²) in [5.74, 6) is 1.07. The minimum atomic E-state index is -0.846. The molecular weight excluding hydrogens is 292 g/mol. The zero-order valence-electron chi connectivity index (χ0n) is 13.4. The highest BCUT2D eigenvalue weighted by atomic mass is 16.3. The third-order valence-corrected chi connectivity index (χ3v) is 7.14. The number of carbonyl (C=O) groups is 2. The predicted molar refractivity (Wildman–Crippen MR) is 83.8 cm³/mol. The summed E-state index contributed by atoms with van der Waals surface area (Å²) >= 11 is 0. The monoisotopic (exact) mass is 316 g/mol. The SMILES string of the molecule is O=C1N=C(NC23CC4CC(CC(O)(C4)C2)C3)C(=O)C12CCCC2. The number of amidine groups is 1. The molecule has 0 aromatic rings. The van der Waals surface area contributed by atoms with E-state index in [0.29, 0.717) is 36.9 Å². The van der Waals surface area contributed by atoms with Crippen molar-refractivity contribution in [2.45, 2.75) is 75.3 Å². The summed E-state index contributed by atoms with van der Waals surface area (Å²) in [5.41, 5.74) is -1.65. The van der Waals surface area contributed by atoms with E-state index in [-0.39, 0.29) is 17.2 Å². The summed E-state index contributed by atoms with van der Waals surface area (Å²) in [6.45, 7) is 0. The number of Topliss-reactive ketones (excluding diaryl/α,β-unsaturated/α-hetero) is 1. The quantitative estimate of drug-likeness (QED) is 0.722. The fraction of sp³-hybridized carbons (Fsp3) is 0.833. The molecule has 0 aromatic heterocycles. The molecule has 2 N–H and O–H groups in total. The van der Waals surface area contributed by atoms with Crippen molar-refractivity contribution in [2.75, 3.05) is 0 Å². The van der Waals surface area contributed by atoms with E-state index in [0.717, 1.165) is 38.5 Å². The Morgan fingerprint density at radius 1 is 1.04 bits per heavy atom. The Labute approximate surface area is 135 Å². The van der Waals surface area contributed by atoms with Crippen LogP contribution in [-0.4, -0.2) is 33.8 Å². The lowest BCUT2D eigenvalue weighted by Crippen LogP contribution is -2.66. The van der Waals surface area contributed by atoms with Gasteiger partial charge in [-0.15, -0.1) is 0 Å². The fourth-order valence-corrected chi connectivity index (χ4v) is 6.70. The minimum Gasteiger partial charge on any atom is -0.390 e. The third kappa shape index (κ3) is 1.86. The molecule has 1 amide bonds. The average Bonchev–Trinajstić information content (AvgIpc) is 3.00. The molecule has 5 heteroatoms. The fourth-order valence-electron chi connectivity index (χ4n) is 6.70. The van der Waals surface area contributed by atoms with Crippen LogP contribution >= 0.6 is 0 Å². The van der Waals surface area contributed by atoms with Crippen LogP contribution in [0, 0.1) is 17.3 Å². The number of aliphatic hydroxyl groups is 1. The first kappa shape index (κ1) is 14.1. The molecule has 1 spiro atoms. The smallest absolute Gasteiger partial charge is 0.261 e. The Kier molecular flexibility index (Phi) is 2.61. The van der Waals surface area contributed by atoms with Gasteiger partial charge in [-0.05, 0) is 63.2 Å². The first-order valence-corrected chi connectivity index (χ1v) is 9.11. The minimum absolute atomic E-state index is 0.0808. The van der Waals surface area contributed by atoms with Gasteiger partial charge in [-0.1, -0.05) is 12.8 Å². The summed E-state index contributed by atoms with van der Waals surface area (Å²) in [5, 5.41) is 14.2. The molecule has 0 saturated heterocycles. The van der Waals surface area contributed by atoms with Crippen molar-refractivity contribution in [1.82, 2.24) is 5.32 Å². The maximum absolute atomic E-state index is 12.9. The number of nitrogens with one attached hydrogen (secondary N) is 1. The molecule has 5 nitrogen and oxygen atoms in total. The van der Waals surface area contributed by atoms with Crippen molar-refractivity contribution < 1.29 is 14.7 Å². The first-order valence-electron chi connectivity index (χ1n) is 9.11. The molecule has 23 heavy (non-hydrogen) atoms. The van der Waals surface area contributed by atoms with Crippen molar-refractivity contribution in [3.63, 3.8) is 0 Å². The van der Waals surface area contributed by atoms with Crippen molar-refractivity contribution >= 4 is 17.5 Å². The van der Waals surface area contributed by atoms with Crippen LogP contribution in [0.25, 0.3) is 0 Å². The van der Waals surface area contributed by atoms with Gasteiger partial charge in [0.25, 0.3) is 5.91 Å². The molecule has 5 fully saturated rings. The predicted octanol–water partition coefficient (Wildman–Crippen LogP) is 1.73. The van der Waals surface area contributed by atoms with E-state index in [4.69, 9.17) is 0 Å². The number of amides is 1. The van der Waals surface area contributed by atoms with Gasteiger partial charge in [-0.3, -0.25) is 9.59 Å². The highest BCUT2D eigenvalue weighted by Gasteiger charge is 2.60. The van der Waals surface area contributed by atoms with Crippen LogP contribution in [-0.2, 0) is 9.59 Å². The number of hydrogen-bond donors (Lipinski definition) is 2. The lowest BCUT2D eigenvalue weighted by molar-refractivity contribution is -0.140. The summed E-state index contributed by atoms with van der Waals surface area (Å²) in [4.78, 5) is 29.4. The largest absolute Gasteiger partial charge is 0.390 e. The molecule has 4 bridgehead atoms. The molecule has 6 rings (SSSR count). The average molecular weight is 316 g/mol. The Hall–Kier alpha value is -1.23. The van der Waals surface area contributed by atoms with Crippen molar-refractivity contribution in [2.24, 2.45) is 22.2 Å². The van der Waals surface area contributed by atoms with Crippen LogP contribution in [0.1, 0.15) is 64.2 Å². The molecular formula is C18H24N2O3. The van der Waals surface area contributed by atoms with Crippen molar-refractivity contribution in [3.05, 3.63) is 0 Å². The molecule has 2 unspecified atom stereocenters. The standard InChI is InChI=1S/C18H24N2O3/c21-13-14(19-15(22)18(13)3-1-2-4-18)20-16-6-11-5-12(7-16)9-17(23,8-11)10-16/h11-12,23H,1-10H2,(H,19,20,22). The summed E-state index contributed by atoms with van der Waals surface area (Å²) in [7, 11) is 0. The summed E-state index contributed by atoms with van der Waals surface area (Å²) < 4.78 is 0. The molecule has 0 radical (unpaired) electrons. The van der Waals surface area contributed by atoms with Crippen LogP contribution < -0.4 is 5.32 Å². The van der Waals surface area contributed by atoms with Gasteiger partial charge in [0.15, 0.2) is 5.84 Å². The van der Waals surface area contributed by atoms with E-state index in [9.17, 15) is 14.7 Å². The van der Waals surface area contributed by atoms with Gasteiger partial charge in [-0.2, -0.15) is 4.99 Å². The lowest BCUT2D eigenvalue weighted by Gasteiger charge is -2.60. The number of nitrogens with zero attached hydrogens (tertiary/aromatic N) is 1. The van der Waals surface area contributed by atoms with E-state index < -0.39 is 11.0 Å². The Morgan fingerprint density at radius 2 is 1.70 bits per heavy atom. The van der Waals surface area contributed by atoms with Crippen molar-refractivity contribution in [3.8, 4) is 0 Å². The second-order valence-electron chi connectivity index (χ2n) is 8.97. The van der Waals surface area contributed by atoms with Gasteiger partial charge >= 0.3 is 0 Å². The topological polar surface area (TPSA) is 78.8 Å². The first-order chi connectivity index (χ1) is 10.9. The van der Waals surface area contributed by atoms with Gasteiger partial charge in [-0.25, -0.2) is 0 Å².